The van der Waals surface area contributed by atoms with Crippen molar-refractivity contribution >= 4 is 53.1 Å². The Kier molecular flexibility index (Phi) is 11.8. The molecule has 1 aliphatic rings. The Morgan fingerprint density at radius 1 is 1.23 bits per heavy atom. The van der Waals surface area contributed by atoms with E-state index in [1.165, 1.54) is 16.7 Å². The van der Waals surface area contributed by atoms with Gasteiger partial charge in [0.1, 0.15) is 5.78 Å². The first-order chi connectivity index (χ1) is 18.8. The number of hydrogen-bond acceptors (Lipinski definition) is 5. The van der Waals surface area contributed by atoms with E-state index in [1.807, 2.05) is 6.07 Å². The maximum absolute atomic E-state index is 12.9. The molecule has 0 bridgehead atoms. The lowest BCUT2D eigenvalue weighted by Crippen LogP contribution is -2.43. The molecule has 1 heterocycles. The second-order valence-electron chi connectivity index (χ2n) is 12.7. The van der Waals surface area contributed by atoms with Crippen LogP contribution in [-0.2, 0) is 25.2 Å². The van der Waals surface area contributed by atoms with Crippen molar-refractivity contribution in [3.05, 3.63) is 58.5 Å². The number of unbranched alkanes of at least 4 members (excludes halogenated alkanes) is 1. The lowest BCUT2D eigenvalue weighted by atomic mass is 9.87. The Morgan fingerprint density at radius 3 is 2.62 bits per heavy atom. The number of ether oxygens (including phenoxy) is 1. The second kappa shape index (κ2) is 14.4. The number of esters is 1. The van der Waals surface area contributed by atoms with Crippen molar-refractivity contribution in [2.75, 3.05) is 7.11 Å². The molecule has 1 saturated carbocycles. The molecule has 1 aromatic carbocycles. The first kappa shape index (κ1) is 32.8. The van der Waals surface area contributed by atoms with Crippen LogP contribution in [-0.4, -0.2) is 33.3 Å². The van der Waals surface area contributed by atoms with Crippen LogP contribution in [0.25, 0.3) is 10.1 Å². The minimum absolute atomic E-state index is 0.00586. The molecule has 1 aliphatic carbocycles. The standard InChI is InChI=1S/C33H47ClO4SSi/c1-23-22-28(35)26(14-10-8-9-11-17-31(36)37-5)25(23)20-18-24(38-40(6,7)33(2,3)4)19-21-30-32(34)27-15-12-13-16-29(27)39-30/h8,10,12-13,15-16,18,20,23-26H,9,11,14,17,19,21-22H2,1-7H3/b10-8-,20-18+/t23-,24?,25+,26-/m1/s1. The summed E-state index contributed by atoms with van der Waals surface area (Å²) in [5.41, 5.74) is 0. The molecule has 7 heteroatoms. The van der Waals surface area contributed by atoms with Gasteiger partial charge in [-0.05, 0) is 68.1 Å². The van der Waals surface area contributed by atoms with E-state index in [9.17, 15) is 9.59 Å². The Hall–Kier alpha value is -1.73. The summed E-state index contributed by atoms with van der Waals surface area (Å²) >= 11 is 8.55. The molecule has 1 unspecified atom stereocenters. The van der Waals surface area contributed by atoms with E-state index in [0.717, 1.165) is 42.5 Å². The number of carbonyl (C=O) groups excluding carboxylic acids is 2. The van der Waals surface area contributed by atoms with Crippen molar-refractivity contribution in [1.29, 1.82) is 0 Å². The van der Waals surface area contributed by atoms with Gasteiger partial charge in [0, 0.05) is 33.7 Å². The van der Waals surface area contributed by atoms with Gasteiger partial charge in [-0.2, -0.15) is 0 Å². The van der Waals surface area contributed by atoms with Crippen molar-refractivity contribution in [1.82, 2.24) is 0 Å². The van der Waals surface area contributed by atoms with E-state index in [-0.39, 0.29) is 28.9 Å². The third-order valence-corrected chi connectivity index (χ3v) is 14.9. The molecular weight excluding hydrogens is 556 g/mol. The molecule has 0 amide bonds. The fourth-order valence-electron chi connectivity index (χ4n) is 5.16. The van der Waals surface area contributed by atoms with Crippen LogP contribution < -0.4 is 0 Å². The van der Waals surface area contributed by atoms with E-state index in [1.54, 1.807) is 11.3 Å². The van der Waals surface area contributed by atoms with Gasteiger partial charge in [0.2, 0.25) is 0 Å². The third-order valence-electron chi connectivity index (χ3n) is 8.65. The summed E-state index contributed by atoms with van der Waals surface area (Å²) in [4.78, 5) is 25.4. The minimum atomic E-state index is -2.01. The van der Waals surface area contributed by atoms with Gasteiger partial charge < -0.3 is 9.16 Å². The lowest BCUT2D eigenvalue weighted by Gasteiger charge is -2.38. The van der Waals surface area contributed by atoms with Gasteiger partial charge in [-0.25, -0.2) is 0 Å². The summed E-state index contributed by atoms with van der Waals surface area (Å²) in [5.74, 6) is 0.675. The molecule has 1 fully saturated rings. The average molecular weight is 603 g/mol. The zero-order valence-corrected chi connectivity index (χ0v) is 27.9. The maximum atomic E-state index is 12.9. The van der Waals surface area contributed by atoms with Crippen LogP contribution >= 0.6 is 22.9 Å². The monoisotopic (exact) mass is 602 g/mol. The number of hydrogen-bond donors (Lipinski definition) is 0. The van der Waals surface area contributed by atoms with Gasteiger partial charge >= 0.3 is 5.97 Å². The van der Waals surface area contributed by atoms with E-state index < -0.39 is 8.32 Å². The number of Topliss-reactive ketones (excluding diaryl/α,β-unsaturated/α-hetero) is 1. The Balaban J connectivity index is 1.73. The Morgan fingerprint density at radius 2 is 1.95 bits per heavy atom. The van der Waals surface area contributed by atoms with Crippen LogP contribution in [0, 0.1) is 17.8 Å². The fourth-order valence-corrected chi connectivity index (χ4v) is 8.01. The van der Waals surface area contributed by atoms with Crippen molar-refractivity contribution in [3.8, 4) is 0 Å². The van der Waals surface area contributed by atoms with Crippen molar-refractivity contribution in [2.45, 2.75) is 96.9 Å². The van der Waals surface area contributed by atoms with Gasteiger partial charge in [-0.15, -0.1) is 11.3 Å². The number of halogens is 1. The predicted octanol–water partition coefficient (Wildman–Crippen LogP) is 9.56. The summed E-state index contributed by atoms with van der Waals surface area (Å²) in [7, 11) is -0.596. The van der Waals surface area contributed by atoms with E-state index in [0.29, 0.717) is 24.5 Å². The summed E-state index contributed by atoms with van der Waals surface area (Å²) in [6.07, 6.45) is 13.8. The highest BCUT2D eigenvalue weighted by Crippen LogP contribution is 2.41. The number of methoxy groups -OCH3 is 1. The summed E-state index contributed by atoms with van der Waals surface area (Å²) in [6, 6.07) is 8.32. The minimum Gasteiger partial charge on any atom is -0.469 e. The van der Waals surface area contributed by atoms with Crippen molar-refractivity contribution in [2.24, 2.45) is 17.8 Å². The number of thiophene rings is 1. The van der Waals surface area contributed by atoms with Crippen LogP contribution in [0.4, 0.5) is 0 Å². The first-order valence-corrected chi connectivity index (χ1v) is 18.7. The number of carbonyl (C=O) groups is 2. The van der Waals surface area contributed by atoms with Crippen LogP contribution in [0.3, 0.4) is 0 Å². The largest absolute Gasteiger partial charge is 0.469 e. The van der Waals surface area contributed by atoms with E-state index in [2.05, 4.69) is 83.3 Å². The van der Waals surface area contributed by atoms with Crippen LogP contribution in [0.2, 0.25) is 23.2 Å². The normalized spacial score (nSPS) is 21.2. The van der Waals surface area contributed by atoms with E-state index >= 15 is 0 Å². The summed E-state index contributed by atoms with van der Waals surface area (Å²) in [5, 5.41) is 2.09. The lowest BCUT2D eigenvalue weighted by molar-refractivity contribution is -0.140. The first-order valence-electron chi connectivity index (χ1n) is 14.6. The second-order valence-corrected chi connectivity index (χ2v) is 19.0. The molecule has 220 valence electrons. The number of rotatable bonds is 13. The van der Waals surface area contributed by atoms with Crippen molar-refractivity contribution in [3.63, 3.8) is 0 Å². The fraction of sp³-hybridized carbons (Fsp3) is 0.576. The van der Waals surface area contributed by atoms with Crippen molar-refractivity contribution < 1.29 is 18.8 Å². The van der Waals surface area contributed by atoms with Gasteiger partial charge in [0.25, 0.3) is 0 Å². The molecule has 0 aliphatic heterocycles. The van der Waals surface area contributed by atoms with Gasteiger partial charge in [0.05, 0.1) is 18.2 Å². The molecule has 0 spiro atoms. The topological polar surface area (TPSA) is 52.6 Å². The summed E-state index contributed by atoms with van der Waals surface area (Å²) < 4.78 is 12.9. The third kappa shape index (κ3) is 8.64. The molecule has 40 heavy (non-hydrogen) atoms. The predicted molar refractivity (Wildman–Crippen MR) is 172 cm³/mol. The number of allylic oxidation sites excluding steroid dienone is 3. The average Bonchev–Trinajstić information content (AvgIpc) is 3.36. The maximum Gasteiger partial charge on any atom is 0.305 e. The molecule has 0 N–H and O–H groups in total. The zero-order valence-electron chi connectivity index (χ0n) is 25.3. The molecule has 0 saturated heterocycles. The van der Waals surface area contributed by atoms with Gasteiger partial charge in [0.15, 0.2) is 8.32 Å². The Labute approximate surface area is 251 Å². The van der Waals surface area contributed by atoms with Crippen LogP contribution in [0.5, 0.6) is 0 Å². The molecular formula is C33H47ClO4SSi. The van der Waals surface area contributed by atoms with Crippen LogP contribution in [0.15, 0.2) is 48.6 Å². The highest BCUT2D eigenvalue weighted by Gasteiger charge is 2.40. The molecule has 4 nitrogen and oxygen atoms in total. The molecule has 4 atom stereocenters. The number of aryl methyl sites for hydroxylation is 1. The highest BCUT2D eigenvalue weighted by atomic mass is 35.5. The Bertz CT molecular complexity index is 1210. The number of fused-ring (bicyclic) bond motifs is 1. The van der Waals surface area contributed by atoms with Gasteiger partial charge in [-0.1, -0.05) is 81.8 Å². The highest BCUT2D eigenvalue weighted by molar-refractivity contribution is 7.19. The smallest absolute Gasteiger partial charge is 0.305 e. The summed E-state index contributed by atoms with van der Waals surface area (Å²) in [6.45, 7) is 13.6. The zero-order chi connectivity index (χ0) is 29.5. The molecule has 3 rings (SSSR count). The van der Waals surface area contributed by atoms with Gasteiger partial charge in [-0.3, -0.25) is 9.59 Å². The van der Waals surface area contributed by atoms with E-state index in [4.69, 9.17) is 20.8 Å². The number of benzene rings is 1. The number of ketones is 1. The quantitative estimate of drug-likeness (QED) is 0.0991. The molecule has 1 aromatic heterocycles. The van der Waals surface area contributed by atoms with Crippen LogP contribution in [0.1, 0.15) is 71.1 Å². The SMILES string of the molecule is COC(=O)CCC/C=C\C[C@H]1C(=O)C[C@@H](C)[C@@H]1/C=C/C(CCc1sc2ccccc2c1Cl)O[Si](C)(C)C(C)(C)C. The molecule has 2 aromatic rings. The molecule has 0 radical (unpaired) electrons.